The summed E-state index contributed by atoms with van der Waals surface area (Å²) in [5.41, 5.74) is 0.0973. The number of amides is 1. The lowest BCUT2D eigenvalue weighted by Crippen LogP contribution is -2.31. The topological polar surface area (TPSA) is 84.5 Å². The second-order valence-corrected chi connectivity index (χ2v) is 7.58. The molecular weight excluding hydrogens is 378 g/mol. The normalized spacial score (nSPS) is 12.4. The fraction of sp³-hybridized carbons (Fsp3) is 0.278. The van der Waals surface area contributed by atoms with Crippen molar-refractivity contribution in [1.29, 1.82) is 0 Å². The minimum absolute atomic E-state index is 0.0846. The Labute approximate surface area is 156 Å². The van der Waals surface area contributed by atoms with Crippen LogP contribution >= 0.6 is 0 Å². The highest BCUT2D eigenvalue weighted by molar-refractivity contribution is 7.89. The van der Waals surface area contributed by atoms with E-state index in [1.54, 1.807) is 6.92 Å². The molecule has 2 rings (SSSR count). The molecule has 2 aromatic carbocycles. The van der Waals surface area contributed by atoms with Crippen molar-refractivity contribution >= 4 is 21.6 Å². The first-order chi connectivity index (χ1) is 12.7. The molecule has 146 valence electrons. The Morgan fingerprint density at radius 2 is 1.78 bits per heavy atom. The zero-order valence-electron chi connectivity index (χ0n) is 14.8. The maximum Gasteiger partial charge on any atom is 0.262 e. The summed E-state index contributed by atoms with van der Waals surface area (Å²) in [5.74, 6) is -2.37. The molecule has 6 nitrogen and oxygen atoms in total. The van der Waals surface area contributed by atoms with Crippen LogP contribution in [0.2, 0.25) is 0 Å². The summed E-state index contributed by atoms with van der Waals surface area (Å²) in [5, 5.41) is 2.37. The molecule has 2 aromatic rings. The summed E-state index contributed by atoms with van der Waals surface area (Å²) in [6.45, 7) is 3.26. The molecule has 1 atom stereocenters. The molecule has 0 aliphatic heterocycles. The van der Waals surface area contributed by atoms with Gasteiger partial charge in [-0.1, -0.05) is 6.92 Å². The van der Waals surface area contributed by atoms with Crippen LogP contribution in [-0.2, 0) is 14.8 Å². The van der Waals surface area contributed by atoms with Gasteiger partial charge in [-0.2, -0.15) is 0 Å². The number of hydrogen-bond donors (Lipinski definition) is 2. The van der Waals surface area contributed by atoms with Crippen molar-refractivity contribution in [2.24, 2.45) is 0 Å². The van der Waals surface area contributed by atoms with E-state index in [0.29, 0.717) is 6.42 Å². The summed E-state index contributed by atoms with van der Waals surface area (Å²) in [4.78, 5) is 11.9. The van der Waals surface area contributed by atoms with Gasteiger partial charge in [-0.25, -0.2) is 21.9 Å². The molecule has 1 amide bonds. The molecule has 0 aliphatic rings. The number of rotatable bonds is 8. The average Bonchev–Trinajstić information content (AvgIpc) is 2.63. The van der Waals surface area contributed by atoms with Crippen LogP contribution < -0.4 is 14.8 Å². The fourth-order valence-corrected chi connectivity index (χ4v) is 3.38. The predicted octanol–water partition coefficient (Wildman–Crippen LogP) is 3.06. The number of halogens is 2. The van der Waals surface area contributed by atoms with Crippen molar-refractivity contribution in [3.8, 4) is 5.75 Å². The van der Waals surface area contributed by atoms with E-state index >= 15 is 0 Å². The van der Waals surface area contributed by atoms with E-state index in [2.05, 4.69) is 10.0 Å². The Hall–Kier alpha value is -2.52. The van der Waals surface area contributed by atoms with Gasteiger partial charge in [0, 0.05) is 17.8 Å². The number of nitrogens with one attached hydrogen (secondary N) is 2. The highest BCUT2D eigenvalue weighted by Crippen LogP contribution is 2.17. The van der Waals surface area contributed by atoms with Crippen LogP contribution in [0.25, 0.3) is 0 Å². The molecule has 0 heterocycles. The van der Waals surface area contributed by atoms with Crippen LogP contribution in [0.1, 0.15) is 20.3 Å². The predicted molar refractivity (Wildman–Crippen MR) is 97.0 cm³/mol. The van der Waals surface area contributed by atoms with Crippen molar-refractivity contribution < 1.29 is 26.7 Å². The largest absolute Gasteiger partial charge is 0.484 e. The van der Waals surface area contributed by atoms with Gasteiger partial charge in [0.2, 0.25) is 10.0 Å². The lowest BCUT2D eigenvalue weighted by molar-refractivity contribution is -0.118. The first-order valence-corrected chi connectivity index (χ1v) is 9.69. The number of carbonyl (C=O) groups is 1. The molecule has 0 unspecified atom stereocenters. The molecule has 0 radical (unpaired) electrons. The van der Waals surface area contributed by atoms with Crippen LogP contribution in [0.3, 0.4) is 0 Å². The van der Waals surface area contributed by atoms with Gasteiger partial charge < -0.3 is 10.1 Å². The van der Waals surface area contributed by atoms with E-state index < -0.39 is 27.6 Å². The molecule has 0 saturated carbocycles. The first-order valence-electron chi connectivity index (χ1n) is 8.21. The van der Waals surface area contributed by atoms with Crippen LogP contribution in [0, 0.1) is 11.6 Å². The molecule has 0 aromatic heterocycles. The lowest BCUT2D eigenvalue weighted by Gasteiger charge is -2.12. The van der Waals surface area contributed by atoms with E-state index in [1.807, 2.05) is 6.92 Å². The first kappa shape index (κ1) is 20.8. The average molecular weight is 398 g/mol. The van der Waals surface area contributed by atoms with Gasteiger partial charge in [-0.05, 0) is 49.7 Å². The number of benzene rings is 2. The molecule has 0 bridgehead atoms. The Kier molecular flexibility index (Phi) is 6.86. The van der Waals surface area contributed by atoms with Crippen LogP contribution in [0.15, 0.2) is 47.4 Å². The Morgan fingerprint density at radius 3 is 2.37 bits per heavy atom. The van der Waals surface area contributed by atoms with Gasteiger partial charge in [-0.3, -0.25) is 4.79 Å². The molecule has 0 aliphatic carbocycles. The molecule has 0 saturated heterocycles. The monoisotopic (exact) mass is 398 g/mol. The minimum Gasteiger partial charge on any atom is -0.484 e. The van der Waals surface area contributed by atoms with Gasteiger partial charge >= 0.3 is 0 Å². The zero-order chi connectivity index (χ0) is 20.0. The molecule has 27 heavy (non-hydrogen) atoms. The van der Waals surface area contributed by atoms with Crippen LogP contribution in [0.5, 0.6) is 5.75 Å². The molecule has 2 N–H and O–H groups in total. The number of sulfonamides is 1. The fourth-order valence-electron chi connectivity index (χ4n) is 2.05. The third-order valence-corrected chi connectivity index (χ3v) is 5.28. The second kappa shape index (κ2) is 8.92. The van der Waals surface area contributed by atoms with Crippen molar-refractivity contribution in [2.75, 3.05) is 11.9 Å². The Bertz CT molecular complexity index is 902. The number of ether oxygens (including phenoxy) is 1. The number of hydrogen-bond acceptors (Lipinski definition) is 4. The van der Waals surface area contributed by atoms with Crippen molar-refractivity contribution in [3.05, 3.63) is 54.1 Å². The quantitative estimate of drug-likeness (QED) is 0.716. The van der Waals surface area contributed by atoms with E-state index in [4.69, 9.17) is 4.74 Å². The third-order valence-electron chi connectivity index (χ3n) is 3.68. The molecule has 0 fully saturated rings. The highest BCUT2D eigenvalue weighted by atomic mass is 32.2. The maximum atomic E-state index is 13.1. The van der Waals surface area contributed by atoms with E-state index in [-0.39, 0.29) is 29.0 Å². The highest BCUT2D eigenvalue weighted by Gasteiger charge is 2.16. The van der Waals surface area contributed by atoms with E-state index in [1.165, 1.54) is 30.3 Å². The van der Waals surface area contributed by atoms with Gasteiger partial charge in [0.15, 0.2) is 18.2 Å². The Morgan fingerprint density at radius 1 is 1.11 bits per heavy atom. The van der Waals surface area contributed by atoms with Gasteiger partial charge in [0.1, 0.15) is 5.75 Å². The van der Waals surface area contributed by atoms with Gasteiger partial charge in [0.25, 0.3) is 5.91 Å². The number of carbonyl (C=O) groups excluding carboxylic acids is 1. The third kappa shape index (κ3) is 6.00. The van der Waals surface area contributed by atoms with Crippen LogP contribution in [-0.4, -0.2) is 27.0 Å². The minimum atomic E-state index is -3.62. The SMILES string of the molecule is CC[C@@H](C)NS(=O)(=O)c1ccc(OCC(=O)Nc2ccc(F)c(F)c2)cc1. The van der Waals surface area contributed by atoms with Gasteiger partial charge in [0.05, 0.1) is 4.90 Å². The van der Waals surface area contributed by atoms with Crippen molar-refractivity contribution in [1.82, 2.24) is 4.72 Å². The van der Waals surface area contributed by atoms with E-state index in [9.17, 15) is 22.0 Å². The standard InChI is InChI=1S/C18H20F2N2O4S/c1-3-12(2)22-27(24,25)15-7-5-14(6-8-15)26-11-18(23)21-13-4-9-16(19)17(20)10-13/h4-10,12,22H,3,11H2,1-2H3,(H,21,23)/t12-/m1/s1. The molecule has 9 heteroatoms. The number of anilines is 1. The van der Waals surface area contributed by atoms with E-state index in [0.717, 1.165) is 12.1 Å². The van der Waals surface area contributed by atoms with Crippen molar-refractivity contribution in [2.45, 2.75) is 31.2 Å². The Balaban J connectivity index is 1.92. The van der Waals surface area contributed by atoms with Crippen molar-refractivity contribution in [3.63, 3.8) is 0 Å². The molecular formula is C18H20F2N2O4S. The summed E-state index contributed by atoms with van der Waals surface area (Å²) >= 11 is 0. The maximum absolute atomic E-state index is 13.1. The smallest absolute Gasteiger partial charge is 0.262 e. The zero-order valence-corrected chi connectivity index (χ0v) is 15.6. The summed E-state index contributed by atoms with van der Waals surface area (Å²) < 4.78 is 58.1. The summed E-state index contributed by atoms with van der Waals surface area (Å²) in [7, 11) is -3.62. The summed E-state index contributed by atoms with van der Waals surface area (Å²) in [6.07, 6.45) is 0.660. The lowest BCUT2D eigenvalue weighted by atomic mass is 10.3. The molecule has 0 spiro atoms. The second-order valence-electron chi connectivity index (χ2n) is 5.87. The summed E-state index contributed by atoms with van der Waals surface area (Å²) in [6, 6.07) is 8.38. The van der Waals surface area contributed by atoms with Crippen LogP contribution in [0.4, 0.5) is 14.5 Å². The van der Waals surface area contributed by atoms with Gasteiger partial charge in [-0.15, -0.1) is 0 Å².